The van der Waals surface area contributed by atoms with Crippen LogP contribution in [0.1, 0.15) is 30.4 Å². The van der Waals surface area contributed by atoms with Gasteiger partial charge < -0.3 is 10.1 Å². The number of rotatable bonds is 8. The molecule has 1 aliphatic rings. The highest BCUT2D eigenvalue weighted by Gasteiger charge is 2.18. The van der Waals surface area contributed by atoms with Gasteiger partial charge in [-0.1, -0.05) is 12.1 Å². The van der Waals surface area contributed by atoms with Crippen LogP contribution in [0.2, 0.25) is 0 Å². The van der Waals surface area contributed by atoms with Crippen LogP contribution < -0.4 is 10.1 Å². The number of piperidine rings is 1. The third-order valence-electron chi connectivity index (χ3n) is 4.99. The Balaban J connectivity index is 0.00000243. The Morgan fingerprint density at radius 1 is 1.04 bits per heavy atom. The summed E-state index contributed by atoms with van der Waals surface area (Å²) >= 11 is 0. The van der Waals surface area contributed by atoms with E-state index in [0.29, 0.717) is 6.61 Å². The monoisotopic (exact) mass is 375 g/mol. The normalized spacial score (nSPS) is 15.4. The maximum absolute atomic E-state index is 5.84. The van der Waals surface area contributed by atoms with E-state index in [0.717, 1.165) is 30.3 Å². The van der Waals surface area contributed by atoms with Crippen molar-refractivity contribution in [2.45, 2.75) is 32.4 Å². The SMILES string of the molecule is CNCCC1CCN(Cc2ccc(OCc3ccncc3)cc2)CC1.Cl. The van der Waals surface area contributed by atoms with Gasteiger partial charge in [0.2, 0.25) is 0 Å². The number of likely N-dealkylation sites (tertiary alicyclic amines) is 1. The Hall–Kier alpha value is -1.62. The Kier molecular flexibility index (Phi) is 8.89. The first-order valence-corrected chi connectivity index (χ1v) is 9.31. The molecular weight excluding hydrogens is 346 g/mol. The third-order valence-corrected chi connectivity index (χ3v) is 4.99. The van der Waals surface area contributed by atoms with E-state index in [9.17, 15) is 0 Å². The molecule has 4 nitrogen and oxygen atoms in total. The first kappa shape index (κ1) is 20.7. The highest BCUT2D eigenvalue weighted by molar-refractivity contribution is 5.85. The van der Waals surface area contributed by atoms with E-state index in [1.54, 1.807) is 12.4 Å². The maximum atomic E-state index is 5.84. The summed E-state index contributed by atoms with van der Waals surface area (Å²) in [7, 11) is 2.04. The van der Waals surface area contributed by atoms with Gasteiger partial charge in [-0.2, -0.15) is 0 Å². The summed E-state index contributed by atoms with van der Waals surface area (Å²) in [6.07, 6.45) is 7.56. The number of ether oxygens (including phenoxy) is 1. The molecule has 1 saturated heterocycles. The van der Waals surface area contributed by atoms with E-state index in [-0.39, 0.29) is 12.4 Å². The van der Waals surface area contributed by atoms with Gasteiger partial charge in [0.15, 0.2) is 0 Å². The highest BCUT2D eigenvalue weighted by Crippen LogP contribution is 2.22. The first-order valence-electron chi connectivity index (χ1n) is 9.31. The number of benzene rings is 1. The number of aromatic nitrogens is 1. The Morgan fingerprint density at radius 2 is 1.73 bits per heavy atom. The van der Waals surface area contributed by atoms with Gasteiger partial charge in [0.05, 0.1) is 0 Å². The number of nitrogens with zero attached hydrogens (tertiary/aromatic N) is 2. The average molecular weight is 376 g/mol. The molecule has 1 aromatic heterocycles. The van der Waals surface area contributed by atoms with Crippen molar-refractivity contribution in [3.8, 4) is 5.75 Å². The number of hydrogen-bond acceptors (Lipinski definition) is 4. The Morgan fingerprint density at radius 3 is 2.38 bits per heavy atom. The average Bonchev–Trinajstić information content (AvgIpc) is 2.68. The fourth-order valence-electron chi connectivity index (χ4n) is 3.38. The molecule has 0 atom stereocenters. The zero-order chi connectivity index (χ0) is 17.3. The van der Waals surface area contributed by atoms with Crippen LogP contribution in [0.15, 0.2) is 48.8 Å². The van der Waals surface area contributed by atoms with Crippen LogP contribution in [0.4, 0.5) is 0 Å². The molecule has 0 unspecified atom stereocenters. The summed E-state index contributed by atoms with van der Waals surface area (Å²) in [4.78, 5) is 6.60. The van der Waals surface area contributed by atoms with Crippen LogP contribution in [0.25, 0.3) is 0 Å². The van der Waals surface area contributed by atoms with Gasteiger partial charge in [-0.15, -0.1) is 12.4 Å². The molecule has 142 valence electrons. The van der Waals surface area contributed by atoms with Gasteiger partial charge in [-0.3, -0.25) is 9.88 Å². The predicted octanol–water partition coefficient (Wildman–Crippen LogP) is 3.90. The lowest BCUT2D eigenvalue weighted by Gasteiger charge is -2.32. The van der Waals surface area contributed by atoms with Gasteiger partial charge in [0.1, 0.15) is 12.4 Å². The molecule has 0 saturated carbocycles. The molecule has 0 spiro atoms. The summed E-state index contributed by atoms with van der Waals surface area (Å²) in [6, 6.07) is 12.5. The van der Waals surface area contributed by atoms with E-state index in [1.165, 1.54) is 37.9 Å². The minimum absolute atomic E-state index is 0. The molecule has 1 N–H and O–H groups in total. The summed E-state index contributed by atoms with van der Waals surface area (Å²) in [5, 5.41) is 3.26. The topological polar surface area (TPSA) is 37.4 Å². The lowest BCUT2D eigenvalue weighted by Crippen LogP contribution is -2.34. The second-order valence-electron chi connectivity index (χ2n) is 6.90. The van der Waals surface area contributed by atoms with E-state index >= 15 is 0 Å². The zero-order valence-corrected chi connectivity index (χ0v) is 16.4. The molecule has 2 heterocycles. The number of hydrogen-bond donors (Lipinski definition) is 1. The fraction of sp³-hybridized carbons (Fsp3) is 0.476. The number of nitrogens with one attached hydrogen (secondary N) is 1. The summed E-state index contributed by atoms with van der Waals surface area (Å²) in [5.41, 5.74) is 2.50. The van der Waals surface area contributed by atoms with E-state index in [1.807, 2.05) is 19.2 Å². The van der Waals surface area contributed by atoms with Crippen molar-refractivity contribution in [1.82, 2.24) is 15.2 Å². The van der Waals surface area contributed by atoms with Gasteiger partial charge in [-0.25, -0.2) is 0 Å². The lowest BCUT2D eigenvalue weighted by molar-refractivity contribution is 0.172. The summed E-state index contributed by atoms with van der Waals surface area (Å²) in [5.74, 6) is 1.82. The molecule has 0 amide bonds. The fourth-order valence-corrected chi connectivity index (χ4v) is 3.38. The van der Waals surface area contributed by atoms with Gasteiger partial charge in [0.25, 0.3) is 0 Å². The minimum atomic E-state index is 0. The van der Waals surface area contributed by atoms with Gasteiger partial charge >= 0.3 is 0 Å². The van der Waals surface area contributed by atoms with Crippen molar-refractivity contribution >= 4 is 12.4 Å². The summed E-state index contributed by atoms with van der Waals surface area (Å²) < 4.78 is 5.84. The second-order valence-corrected chi connectivity index (χ2v) is 6.90. The molecule has 1 aromatic carbocycles. The van der Waals surface area contributed by atoms with Crippen LogP contribution in [-0.4, -0.2) is 36.6 Å². The molecule has 26 heavy (non-hydrogen) atoms. The van der Waals surface area contributed by atoms with Crippen molar-refractivity contribution in [2.24, 2.45) is 5.92 Å². The van der Waals surface area contributed by atoms with Crippen LogP contribution in [-0.2, 0) is 13.2 Å². The van der Waals surface area contributed by atoms with Crippen LogP contribution >= 0.6 is 12.4 Å². The maximum Gasteiger partial charge on any atom is 0.119 e. The van der Waals surface area contributed by atoms with Crippen molar-refractivity contribution in [3.63, 3.8) is 0 Å². The van der Waals surface area contributed by atoms with Gasteiger partial charge in [-0.05, 0) is 87.3 Å². The zero-order valence-electron chi connectivity index (χ0n) is 15.6. The lowest BCUT2D eigenvalue weighted by atomic mass is 9.93. The molecule has 0 bridgehead atoms. The largest absolute Gasteiger partial charge is 0.489 e. The molecule has 1 fully saturated rings. The van der Waals surface area contributed by atoms with Crippen molar-refractivity contribution in [2.75, 3.05) is 26.7 Å². The Bertz CT molecular complexity index is 613. The molecule has 3 rings (SSSR count). The van der Waals surface area contributed by atoms with Crippen molar-refractivity contribution < 1.29 is 4.74 Å². The predicted molar refractivity (Wildman–Crippen MR) is 109 cm³/mol. The molecular formula is C21H30ClN3O. The first-order chi connectivity index (χ1) is 12.3. The van der Waals surface area contributed by atoms with Crippen LogP contribution in [0.3, 0.4) is 0 Å². The smallest absolute Gasteiger partial charge is 0.119 e. The van der Waals surface area contributed by atoms with Gasteiger partial charge in [0, 0.05) is 18.9 Å². The molecule has 0 radical (unpaired) electrons. The number of pyridine rings is 1. The van der Waals surface area contributed by atoms with Crippen molar-refractivity contribution in [3.05, 3.63) is 59.9 Å². The molecule has 0 aliphatic carbocycles. The molecule has 2 aromatic rings. The molecule has 5 heteroatoms. The second kappa shape index (κ2) is 11.2. The van der Waals surface area contributed by atoms with Crippen LogP contribution in [0.5, 0.6) is 5.75 Å². The Labute approximate surface area is 163 Å². The van der Waals surface area contributed by atoms with E-state index in [4.69, 9.17) is 4.74 Å². The van der Waals surface area contributed by atoms with E-state index < -0.39 is 0 Å². The third kappa shape index (κ3) is 6.60. The quantitative estimate of drug-likeness (QED) is 0.759. The van der Waals surface area contributed by atoms with E-state index in [2.05, 4.69) is 39.5 Å². The van der Waals surface area contributed by atoms with Crippen molar-refractivity contribution in [1.29, 1.82) is 0 Å². The minimum Gasteiger partial charge on any atom is -0.489 e. The van der Waals surface area contributed by atoms with Crippen LogP contribution in [0, 0.1) is 5.92 Å². The summed E-state index contributed by atoms with van der Waals surface area (Å²) in [6.45, 7) is 5.21. The standard InChI is InChI=1S/C21H29N3O.ClH/c1-22-11-6-18-9-14-24(15-10-18)16-19-2-4-21(5-3-19)25-17-20-7-12-23-13-8-20;/h2-5,7-8,12-13,18,22H,6,9-11,14-17H2,1H3;1H. The number of halogens is 1. The highest BCUT2D eigenvalue weighted by atomic mass is 35.5. The molecule has 1 aliphatic heterocycles.